The fraction of sp³-hybridized carbons (Fsp3) is 0.333. The molecule has 0 aliphatic carbocycles. The fourth-order valence-electron chi connectivity index (χ4n) is 5.32. The van der Waals surface area contributed by atoms with Gasteiger partial charge in [-0.05, 0) is 67.6 Å². The molecule has 0 amide bonds. The average molecular weight is 429 g/mol. The topological polar surface area (TPSA) is 51.7 Å². The molecule has 3 fully saturated rings. The van der Waals surface area contributed by atoms with Crippen molar-refractivity contribution in [3.05, 3.63) is 84.6 Å². The van der Waals surface area contributed by atoms with Crippen molar-refractivity contribution >= 4 is 16.9 Å². The van der Waals surface area contributed by atoms with E-state index in [2.05, 4.69) is 22.5 Å². The lowest BCUT2D eigenvalue weighted by Crippen LogP contribution is -2.55. The Morgan fingerprint density at radius 1 is 1.22 bits per heavy atom. The third kappa shape index (κ3) is 3.78. The molecule has 5 atom stereocenters. The van der Waals surface area contributed by atoms with Crippen molar-refractivity contribution in [1.29, 1.82) is 0 Å². The number of pyridine rings is 1. The largest absolute Gasteiger partial charge is 0.497 e. The Labute approximate surface area is 188 Å². The summed E-state index contributed by atoms with van der Waals surface area (Å²) in [5.74, 6) is 1.53. The molecule has 2 unspecified atom stereocenters. The molecular weight excluding hydrogens is 400 g/mol. The van der Waals surface area contributed by atoms with Gasteiger partial charge in [-0.2, -0.15) is 0 Å². The van der Waals surface area contributed by atoms with Crippen LogP contribution in [0.25, 0.3) is 10.9 Å². The van der Waals surface area contributed by atoms with E-state index in [1.165, 1.54) is 0 Å². The van der Waals surface area contributed by atoms with Crippen LogP contribution >= 0.6 is 0 Å². The van der Waals surface area contributed by atoms with Crippen LogP contribution in [-0.2, 0) is 4.74 Å². The first-order valence-corrected chi connectivity index (χ1v) is 11.2. The van der Waals surface area contributed by atoms with Gasteiger partial charge < -0.3 is 9.47 Å². The highest BCUT2D eigenvalue weighted by molar-refractivity contribution is 5.90. The third-order valence-electron chi connectivity index (χ3n) is 7.04. The summed E-state index contributed by atoms with van der Waals surface area (Å²) in [5.41, 5.74) is 2.41. The molecule has 1 aromatic heterocycles. The molecule has 0 N–H and O–H groups in total. The number of hydrogen-bond donors (Lipinski definition) is 0. The zero-order valence-corrected chi connectivity index (χ0v) is 18.3. The summed E-state index contributed by atoms with van der Waals surface area (Å²) in [6, 6.07) is 17.2. The molecule has 32 heavy (non-hydrogen) atoms. The second-order valence-electron chi connectivity index (χ2n) is 8.72. The van der Waals surface area contributed by atoms with Gasteiger partial charge in [-0.1, -0.05) is 24.3 Å². The maximum absolute atomic E-state index is 13.2. The van der Waals surface area contributed by atoms with Crippen molar-refractivity contribution in [2.75, 3.05) is 20.2 Å². The predicted octanol–water partition coefficient (Wildman–Crippen LogP) is 5.04. The lowest BCUT2D eigenvalue weighted by atomic mass is 9.73. The number of piperidine rings is 3. The van der Waals surface area contributed by atoms with Gasteiger partial charge in [-0.3, -0.25) is 9.88 Å². The van der Waals surface area contributed by atoms with Crippen LogP contribution in [-0.4, -0.2) is 42.1 Å². The highest BCUT2D eigenvalue weighted by Gasteiger charge is 2.44. The minimum atomic E-state index is -0.395. The summed E-state index contributed by atoms with van der Waals surface area (Å²) in [7, 11) is 1.66. The Morgan fingerprint density at radius 3 is 2.78 bits per heavy atom. The van der Waals surface area contributed by atoms with Gasteiger partial charge in [0.15, 0.2) is 0 Å². The van der Waals surface area contributed by atoms with Crippen molar-refractivity contribution in [1.82, 2.24) is 9.88 Å². The van der Waals surface area contributed by atoms with E-state index >= 15 is 0 Å². The van der Waals surface area contributed by atoms with Gasteiger partial charge in [0.2, 0.25) is 0 Å². The zero-order valence-electron chi connectivity index (χ0n) is 18.3. The number of ether oxygens (including phenoxy) is 2. The highest BCUT2D eigenvalue weighted by Crippen LogP contribution is 2.43. The molecule has 5 heteroatoms. The number of carbonyl (C=O) groups is 1. The van der Waals surface area contributed by atoms with Crippen molar-refractivity contribution in [2.24, 2.45) is 11.8 Å². The summed E-state index contributed by atoms with van der Waals surface area (Å²) >= 11 is 0. The fourth-order valence-corrected chi connectivity index (χ4v) is 5.32. The SMILES string of the molecule is C=C[C@H]1CN2CC[C@@H]1CC2[C@H](OC(=O)c1ccccc1)c1ccnc2ccc(OC)cc12. The van der Waals surface area contributed by atoms with Crippen LogP contribution in [0.15, 0.2) is 73.4 Å². The molecular formula is C27H28N2O3. The number of methoxy groups -OCH3 is 1. The van der Waals surface area contributed by atoms with Crippen LogP contribution in [0.4, 0.5) is 0 Å². The number of hydrogen-bond acceptors (Lipinski definition) is 5. The Hall–Kier alpha value is -3.18. The van der Waals surface area contributed by atoms with Crippen molar-refractivity contribution in [3.8, 4) is 5.75 Å². The van der Waals surface area contributed by atoms with Gasteiger partial charge in [-0.15, -0.1) is 6.58 Å². The zero-order chi connectivity index (χ0) is 22.1. The van der Waals surface area contributed by atoms with Gasteiger partial charge in [0.1, 0.15) is 11.9 Å². The Balaban J connectivity index is 1.57. The summed E-state index contributed by atoms with van der Waals surface area (Å²) in [4.78, 5) is 20.2. The van der Waals surface area contributed by atoms with Crippen LogP contribution in [0.3, 0.4) is 0 Å². The van der Waals surface area contributed by atoms with Gasteiger partial charge >= 0.3 is 5.97 Å². The monoisotopic (exact) mass is 428 g/mol. The van der Waals surface area contributed by atoms with Gasteiger partial charge in [0, 0.05) is 23.7 Å². The van der Waals surface area contributed by atoms with Crippen LogP contribution in [0.2, 0.25) is 0 Å². The predicted molar refractivity (Wildman–Crippen MR) is 125 cm³/mol. The minimum Gasteiger partial charge on any atom is -0.497 e. The van der Waals surface area contributed by atoms with Crippen LogP contribution in [0.1, 0.15) is 34.9 Å². The summed E-state index contributed by atoms with van der Waals surface area (Å²) in [6.45, 7) is 6.03. The summed E-state index contributed by atoms with van der Waals surface area (Å²) < 4.78 is 11.8. The molecule has 6 rings (SSSR count). The molecule has 0 spiro atoms. The summed E-state index contributed by atoms with van der Waals surface area (Å²) in [5, 5.41) is 0.959. The number of fused-ring (bicyclic) bond motifs is 4. The van der Waals surface area contributed by atoms with Crippen LogP contribution in [0, 0.1) is 11.8 Å². The van der Waals surface area contributed by atoms with E-state index < -0.39 is 6.10 Å². The van der Waals surface area contributed by atoms with E-state index in [0.717, 1.165) is 48.1 Å². The van der Waals surface area contributed by atoms with E-state index in [9.17, 15) is 4.79 Å². The number of carbonyl (C=O) groups excluding carboxylic acids is 1. The van der Waals surface area contributed by atoms with Gasteiger partial charge in [0.05, 0.1) is 24.2 Å². The summed E-state index contributed by atoms with van der Waals surface area (Å²) in [6.07, 6.45) is 5.64. The van der Waals surface area contributed by atoms with Crippen LogP contribution < -0.4 is 4.74 Å². The highest BCUT2D eigenvalue weighted by atomic mass is 16.5. The lowest BCUT2D eigenvalue weighted by molar-refractivity contribution is -0.0568. The van der Waals surface area contributed by atoms with Crippen molar-refractivity contribution in [2.45, 2.75) is 25.0 Å². The molecule has 4 heterocycles. The number of nitrogens with zero attached hydrogens (tertiary/aromatic N) is 2. The van der Waals surface area contributed by atoms with Crippen molar-refractivity contribution < 1.29 is 14.3 Å². The molecule has 0 saturated carbocycles. The van der Waals surface area contributed by atoms with E-state index in [-0.39, 0.29) is 12.0 Å². The van der Waals surface area contributed by atoms with Crippen LogP contribution in [0.5, 0.6) is 5.75 Å². The quantitative estimate of drug-likeness (QED) is 0.407. The smallest absolute Gasteiger partial charge is 0.338 e. The van der Waals surface area contributed by atoms with Gasteiger partial charge in [0.25, 0.3) is 0 Å². The number of esters is 1. The molecule has 0 radical (unpaired) electrons. The first kappa shape index (κ1) is 20.7. The Kier molecular flexibility index (Phi) is 5.66. The maximum atomic E-state index is 13.2. The standard InChI is InChI=1S/C27H28N2O3/c1-3-18-17-29-14-12-20(18)15-25(29)26(32-27(30)19-7-5-4-6-8-19)22-11-13-28-24-10-9-21(31-2)16-23(22)24/h3-11,13,16,18,20,25-26H,1,12,14-15,17H2,2H3/t18-,20+,25?,26+/m0/s1. The lowest BCUT2D eigenvalue weighted by Gasteiger charge is -2.51. The number of aromatic nitrogens is 1. The van der Waals surface area contributed by atoms with Crippen molar-refractivity contribution in [3.63, 3.8) is 0 Å². The molecule has 3 aliphatic rings. The molecule has 3 aromatic rings. The molecule has 3 aliphatic heterocycles. The first-order valence-electron chi connectivity index (χ1n) is 11.2. The first-order chi connectivity index (χ1) is 15.7. The molecule has 5 nitrogen and oxygen atoms in total. The maximum Gasteiger partial charge on any atom is 0.338 e. The minimum absolute atomic E-state index is 0.120. The average Bonchev–Trinajstić information content (AvgIpc) is 2.87. The normalized spacial score (nSPS) is 25.3. The second-order valence-corrected chi connectivity index (χ2v) is 8.72. The molecule has 164 valence electrons. The number of benzene rings is 2. The molecule has 2 bridgehead atoms. The number of rotatable bonds is 6. The van der Waals surface area contributed by atoms with E-state index in [1.54, 1.807) is 25.4 Å². The second kappa shape index (κ2) is 8.75. The molecule has 3 saturated heterocycles. The van der Waals surface area contributed by atoms with Gasteiger partial charge in [-0.25, -0.2) is 4.79 Å². The van der Waals surface area contributed by atoms with E-state index in [0.29, 0.717) is 17.4 Å². The third-order valence-corrected chi connectivity index (χ3v) is 7.04. The van der Waals surface area contributed by atoms with E-state index in [1.807, 2.05) is 42.5 Å². The Morgan fingerprint density at radius 2 is 2.06 bits per heavy atom. The Bertz CT molecular complexity index is 1130. The molecule has 2 aromatic carbocycles. The van der Waals surface area contributed by atoms with E-state index in [4.69, 9.17) is 9.47 Å².